The van der Waals surface area contributed by atoms with Crippen molar-refractivity contribution in [1.82, 2.24) is 0 Å². The predicted molar refractivity (Wildman–Crippen MR) is 165 cm³/mol. The molecule has 4 aromatic carbocycles. The van der Waals surface area contributed by atoms with E-state index in [2.05, 4.69) is 163 Å². The summed E-state index contributed by atoms with van der Waals surface area (Å²) in [6.45, 7) is 15.0. The fourth-order valence-corrected chi connectivity index (χ4v) is 15.1. The summed E-state index contributed by atoms with van der Waals surface area (Å²) in [4.78, 5) is 0. The van der Waals surface area contributed by atoms with Crippen molar-refractivity contribution in [1.29, 1.82) is 0 Å². The molecule has 0 atom stereocenters. The van der Waals surface area contributed by atoms with Crippen LogP contribution in [0.1, 0.15) is 63.8 Å². The molecule has 1 aliphatic heterocycles. The van der Waals surface area contributed by atoms with Crippen LogP contribution in [0.3, 0.4) is 0 Å². The van der Waals surface area contributed by atoms with Crippen LogP contribution in [0.4, 0.5) is 0 Å². The standard InChI is InChI=1S/C36H38Si/c1-35(2,3)37(36(4,5)6)33(29-23-15-9-16-24-29)31(27-19-11-7-12-20-27)32(28-21-13-8-14-22-28)34(37)30-25-17-10-18-26-30/h7-26H,1-6H3. The lowest BCUT2D eigenvalue weighted by Crippen LogP contribution is -2.53. The molecule has 1 aliphatic rings. The van der Waals surface area contributed by atoms with Gasteiger partial charge in [-0.1, -0.05) is 163 Å². The zero-order chi connectivity index (χ0) is 26.3. The molecule has 0 saturated heterocycles. The number of allylic oxidation sites excluding steroid dienone is 2. The molecule has 0 radical (unpaired) electrons. The van der Waals surface area contributed by atoms with Crippen molar-refractivity contribution in [3.8, 4) is 0 Å². The Labute approximate surface area is 224 Å². The van der Waals surface area contributed by atoms with Crippen LogP contribution in [-0.4, -0.2) is 8.07 Å². The minimum absolute atomic E-state index is 0.0537. The van der Waals surface area contributed by atoms with Gasteiger partial charge >= 0.3 is 0 Å². The highest BCUT2D eigenvalue weighted by Gasteiger charge is 2.62. The van der Waals surface area contributed by atoms with Gasteiger partial charge in [-0.05, 0) is 53.9 Å². The minimum atomic E-state index is -2.51. The van der Waals surface area contributed by atoms with Crippen LogP contribution in [0.15, 0.2) is 121 Å². The first-order chi connectivity index (χ1) is 17.7. The van der Waals surface area contributed by atoms with Gasteiger partial charge in [0.05, 0.1) is 0 Å². The van der Waals surface area contributed by atoms with Crippen molar-refractivity contribution in [3.63, 3.8) is 0 Å². The van der Waals surface area contributed by atoms with Crippen LogP contribution in [0, 0.1) is 0 Å². The summed E-state index contributed by atoms with van der Waals surface area (Å²) in [5, 5.41) is 3.24. The topological polar surface area (TPSA) is 0 Å². The average molecular weight is 499 g/mol. The van der Waals surface area contributed by atoms with Crippen LogP contribution in [0.5, 0.6) is 0 Å². The molecule has 4 aromatic rings. The van der Waals surface area contributed by atoms with Gasteiger partial charge in [-0.2, -0.15) is 0 Å². The Morgan fingerprint density at radius 2 is 0.595 bits per heavy atom. The molecular formula is C36H38Si. The fourth-order valence-electron chi connectivity index (χ4n) is 7.09. The highest BCUT2D eigenvalue weighted by Crippen LogP contribution is 2.69. The molecule has 0 nitrogen and oxygen atoms in total. The summed E-state index contributed by atoms with van der Waals surface area (Å²) in [5.74, 6) is 0. The van der Waals surface area contributed by atoms with Gasteiger partial charge in [0.2, 0.25) is 0 Å². The highest BCUT2D eigenvalue weighted by molar-refractivity contribution is 7.17. The van der Waals surface area contributed by atoms with Gasteiger partial charge in [0.25, 0.3) is 0 Å². The average Bonchev–Trinajstić information content (AvgIpc) is 3.24. The summed E-state index contributed by atoms with van der Waals surface area (Å²) < 4.78 is 0. The van der Waals surface area contributed by atoms with Crippen molar-refractivity contribution in [2.24, 2.45) is 0 Å². The molecule has 0 fully saturated rings. The molecule has 1 heterocycles. The molecule has 186 valence electrons. The second kappa shape index (κ2) is 9.47. The largest absolute Gasteiger partial charge is 0.131 e. The van der Waals surface area contributed by atoms with E-state index in [-0.39, 0.29) is 10.1 Å². The fraction of sp³-hybridized carbons (Fsp3) is 0.222. The first kappa shape index (κ1) is 25.2. The van der Waals surface area contributed by atoms with Gasteiger partial charge in [0, 0.05) is 0 Å². The lowest BCUT2D eigenvalue weighted by Gasteiger charge is -2.53. The molecule has 0 bridgehead atoms. The number of rotatable bonds is 4. The van der Waals surface area contributed by atoms with Gasteiger partial charge in [-0.25, -0.2) is 0 Å². The Kier molecular flexibility index (Phi) is 6.46. The number of hydrogen-bond donors (Lipinski definition) is 0. The second-order valence-electron chi connectivity index (χ2n) is 12.2. The Bertz CT molecular complexity index is 1310. The van der Waals surface area contributed by atoms with Gasteiger partial charge in [0.1, 0.15) is 8.07 Å². The lowest BCUT2D eigenvalue weighted by atomic mass is 9.89. The smallest absolute Gasteiger partial charge is 0.0622 e. The summed E-state index contributed by atoms with van der Waals surface area (Å²) in [6, 6.07) is 44.7. The normalized spacial score (nSPS) is 15.8. The third kappa shape index (κ3) is 4.06. The monoisotopic (exact) mass is 498 g/mol. The van der Waals surface area contributed by atoms with Gasteiger partial charge in [-0.15, -0.1) is 0 Å². The van der Waals surface area contributed by atoms with E-state index in [1.54, 1.807) is 10.4 Å². The van der Waals surface area contributed by atoms with Crippen LogP contribution in [0.2, 0.25) is 10.1 Å². The molecule has 0 aliphatic carbocycles. The van der Waals surface area contributed by atoms with Crippen LogP contribution >= 0.6 is 0 Å². The third-order valence-corrected chi connectivity index (χ3v) is 15.1. The van der Waals surface area contributed by atoms with Crippen molar-refractivity contribution in [3.05, 3.63) is 144 Å². The lowest BCUT2D eigenvalue weighted by molar-refractivity contribution is 0.639. The van der Waals surface area contributed by atoms with Gasteiger partial charge < -0.3 is 0 Å². The SMILES string of the molecule is CC(C)(C)[Si]1(C(C)(C)C)C(c2ccccc2)=C(c2ccccc2)C(c2ccccc2)=C1c1ccccc1. The Morgan fingerprint density at radius 3 is 0.838 bits per heavy atom. The van der Waals surface area contributed by atoms with E-state index in [0.717, 1.165) is 0 Å². The maximum Gasteiger partial charge on any atom is 0.131 e. The zero-order valence-electron chi connectivity index (χ0n) is 23.0. The second-order valence-corrected chi connectivity index (χ2v) is 17.7. The Hall–Kier alpha value is -3.42. The molecule has 37 heavy (non-hydrogen) atoms. The molecule has 0 aromatic heterocycles. The summed E-state index contributed by atoms with van der Waals surface area (Å²) in [6.07, 6.45) is 0. The van der Waals surface area contributed by atoms with Crippen molar-refractivity contribution in [2.75, 3.05) is 0 Å². The Morgan fingerprint density at radius 1 is 0.351 bits per heavy atom. The van der Waals surface area contributed by atoms with Crippen LogP contribution in [0.25, 0.3) is 21.5 Å². The van der Waals surface area contributed by atoms with Crippen molar-refractivity contribution >= 4 is 29.6 Å². The van der Waals surface area contributed by atoms with Crippen LogP contribution < -0.4 is 0 Å². The molecule has 0 N–H and O–H groups in total. The molecule has 5 rings (SSSR count). The zero-order valence-corrected chi connectivity index (χ0v) is 24.0. The third-order valence-electron chi connectivity index (χ3n) is 8.00. The molecule has 0 saturated carbocycles. The van der Waals surface area contributed by atoms with E-state index in [1.165, 1.54) is 33.4 Å². The number of benzene rings is 4. The van der Waals surface area contributed by atoms with Gasteiger partial charge in [0.15, 0.2) is 0 Å². The first-order valence-corrected chi connectivity index (χ1v) is 15.4. The van der Waals surface area contributed by atoms with Crippen molar-refractivity contribution < 1.29 is 0 Å². The highest BCUT2D eigenvalue weighted by atomic mass is 28.3. The molecule has 0 spiro atoms. The predicted octanol–water partition coefficient (Wildman–Crippen LogP) is 10.3. The molecule has 1 heteroatoms. The van der Waals surface area contributed by atoms with Crippen LogP contribution in [-0.2, 0) is 0 Å². The van der Waals surface area contributed by atoms with E-state index in [0.29, 0.717) is 0 Å². The maximum atomic E-state index is 2.49. The van der Waals surface area contributed by atoms with E-state index in [9.17, 15) is 0 Å². The first-order valence-electron chi connectivity index (χ1n) is 13.4. The molecule has 0 unspecified atom stereocenters. The van der Waals surface area contributed by atoms with Crippen molar-refractivity contribution in [2.45, 2.75) is 51.6 Å². The number of hydrogen-bond acceptors (Lipinski definition) is 0. The minimum Gasteiger partial charge on any atom is -0.0622 e. The van der Waals surface area contributed by atoms with E-state index in [4.69, 9.17) is 0 Å². The summed E-state index contributed by atoms with van der Waals surface area (Å²) >= 11 is 0. The summed E-state index contributed by atoms with van der Waals surface area (Å²) in [7, 11) is -2.51. The maximum absolute atomic E-state index is 2.51. The summed E-state index contributed by atoms with van der Waals surface area (Å²) in [5.41, 5.74) is 8.14. The molecule has 0 amide bonds. The van der Waals surface area contributed by atoms with E-state index >= 15 is 0 Å². The van der Waals surface area contributed by atoms with Gasteiger partial charge in [-0.3, -0.25) is 0 Å². The quantitative estimate of drug-likeness (QED) is 0.245. The Balaban J connectivity index is 2.09. The molecular weight excluding hydrogens is 460 g/mol. The van der Waals surface area contributed by atoms with E-state index < -0.39 is 8.07 Å². The van der Waals surface area contributed by atoms with E-state index in [1.807, 2.05) is 0 Å².